The maximum absolute atomic E-state index is 13.8. The highest BCUT2D eigenvalue weighted by molar-refractivity contribution is 6.11. The summed E-state index contributed by atoms with van der Waals surface area (Å²) in [5, 5.41) is 0. The fourth-order valence-corrected chi connectivity index (χ4v) is 6.00. The summed E-state index contributed by atoms with van der Waals surface area (Å²) in [5.74, 6) is 0.214. The van der Waals surface area contributed by atoms with Gasteiger partial charge in [0.05, 0.1) is 20.3 Å². The summed E-state index contributed by atoms with van der Waals surface area (Å²) in [6.45, 7) is 7.86. The molecular weight excluding hydrogens is 482 g/mol. The Hall–Kier alpha value is -3.35. The second-order valence-electron chi connectivity index (χ2n) is 11.0. The second kappa shape index (κ2) is 11.6. The van der Waals surface area contributed by atoms with Crippen molar-refractivity contribution in [3.05, 3.63) is 59.7 Å². The Kier molecular flexibility index (Phi) is 8.44. The van der Waals surface area contributed by atoms with Gasteiger partial charge in [-0.05, 0) is 72.9 Å². The first kappa shape index (κ1) is 27.7. The van der Waals surface area contributed by atoms with Crippen LogP contribution in [0.25, 0.3) is 0 Å². The number of amides is 1. The fourth-order valence-electron chi connectivity index (χ4n) is 6.00. The molecule has 1 aliphatic carbocycles. The summed E-state index contributed by atoms with van der Waals surface area (Å²) in [4.78, 5) is 41.4. The van der Waals surface area contributed by atoms with Gasteiger partial charge in [-0.25, -0.2) is 4.79 Å². The van der Waals surface area contributed by atoms with E-state index in [0.29, 0.717) is 23.3 Å². The number of hydrogen-bond donors (Lipinski definition) is 0. The zero-order valence-electron chi connectivity index (χ0n) is 23.2. The SMILES string of the molecule is COc1ccc(C(c2ccc(OC)cc2)N2C(=O)[C@H](C(C)=O)[C@H]2C(=O)OC2CC(C)CCC2C(C)C)cc1. The molecule has 1 saturated carbocycles. The van der Waals surface area contributed by atoms with Crippen LogP contribution in [-0.2, 0) is 19.1 Å². The van der Waals surface area contributed by atoms with Crippen molar-refractivity contribution in [2.45, 2.75) is 65.1 Å². The number of rotatable bonds is 9. The minimum absolute atomic E-state index is 0.225. The van der Waals surface area contributed by atoms with Crippen molar-refractivity contribution in [2.75, 3.05) is 14.2 Å². The number of hydrogen-bond acceptors (Lipinski definition) is 6. The molecule has 2 aromatic rings. The van der Waals surface area contributed by atoms with Crippen LogP contribution in [-0.4, -0.2) is 48.9 Å². The van der Waals surface area contributed by atoms with E-state index in [9.17, 15) is 14.4 Å². The summed E-state index contributed by atoms with van der Waals surface area (Å²) >= 11 is 0. The molecule has 0 radical (unpaired) electrons. The quantitative estimate of drug-likeness (QED) is 0.256. The summed E-state index contributed by atoms with van der Waals surface area (Å²) in [7, 11) is 3.18. The molecule has 1 amide bonds. The molecule has 7 heteroatoms. The standard InChI is InChI=1S/C31H39NO6/c1-18(2)25-16-7-19(3)17-26(25)38-31(35)29-27(20(4)33)30(34)32(29)28(21-8-12-23(36-5)13-9-21)22-10-14-24(37-6)15-11-22/h8-15,18-19,25-29H,7,16-17H2,1-6H3/t19?,25?,26?,27-,29+/m1/s1. The number of methoxy groups -OCH3 is 2. The van der Waals surface area contributed by atoms with Crippen molar-refractivity contribution >= 4 is 17.7 Å². The van der Waals surface area contributed by atoms with Crippen LogP contribution in [0.15, 0.2) is 48.5 Å². The van der Waals surface area contributed by atoms with E-state index in [1.165, 1.54) is 11.8 Å². The topological polar surface area (TPSA) is 82.1 Å². The Morgan fingerprint density at radius 2 is 1.42 bits per heavy atom. The number of benzene rings is 2. The average Bonchev–Trinajstić information content (AvgIpc) is 2.89. The van der Waals surface area contributed by atoms with Crippen molar-refractivity contribution in [1.29, 1.82) is 0 Å². The zero-order valence-corrected chi connectivity index (χ0v) is 23.2. The molecule has 4 rings (SSSR count). The van der Waals surface area contributed by atoms with E-state index in [0.717, 1.165) is 30.4 Å². The molecule has 0 spiro atoms. The van der Waals surface area contributed by atoms with Crippen LogP contribution < -0.4 is 9.47 Å². The Morgan fingerprint density at radius 1 is 0.895 bits per heavy atom. The molecular formula is C31H39NO6. The lowest BCUT2D eigenvalue weighted by Crippen LogP contribution is -2.68. The smallest absolute Gasteiger partial charge is 0.330 e. The van der Waals surface area contributed by atoms with Crippen molar-refractivity contribution in [1.82, 2.24) is 4.90 Å². The largest absolute Gasteiger partial charge is 0.497 e. The molecule has 2 aromatic carbocycles. The first-order valence-corrected chi connectivity index (χ1v) is 13.5. The summed E-state index contributed by atoms with van der Waals surface area (Å²) in [5.41, 5.74) is 1.60. The highest BCUT2D eigenvalue weighted by Gasteiger charge is 2.58. The van der Waals surface area contributed by atoms with Crippen LogP contribution in [0.4, 0.5) is 0 Å². The molecule has 0 bridgehead atoms. The van der Waals surface area contributed by atoms with Gasteiger partial charge in [-0.2, -0.15) is 0 Å². The molecule has 204 valence electrons. The van der Waals surface area contributed by atoms with Gasteiger partial charge < -0.3 is 19.1 Å². The number of ether oxygens (including phenoxy) is 3. The molecule has 38 heavy (non-hydrogen) atoms. The van der Waals surface area contributed by atoms with Crippen LogP contribution in [0.1, 0.15) is 64.1 Å². The Bertz CT molecular complexity index is 1090. The zero-order chi connectivity index (χ0) is 27.6. The fraction of sp³-hybridized carbons (Fsp3) is 0.516. The predicted molar refractivity (Wildman–Crippen MR) is 144 cm³/mol. The number of esters is 1. The lowest BCUT2D eigenvalue weighted by Gasteiger charge is -2.49. The Balaban J connectivity index is 1.71. The molecule has 1 aliphatic heterocycles. The number of carbonyl (C=O) groups excluding carboxylic acids is 3. The van der Waals surface area contributed by atoms with E-state index >= 15 is 0 Å². The Morgan fingerprint density at radius 3 is 1.87 bits per heavy atom. The van der Waals surface area contributed by atoms with Crippen LogP contribution in [0.3, 0.4) is 0 Å². The lowest BCUT2D eigenvalue weighted by molar-refractivity contribution is -0.185. The second-order valence-corrected chi connectivity index (χ2v) is 11.0. The third kappa shape index (κ3) is 5.42. The monoisotopic (exact) mass is 521 g/mol. The molecule has 1 saturated heterocycles. The van der Waals surface area contributed by atoms with Gasteiger partial charge in [0.25, 0.3) is 0 Å². The highest BCUT2D eigenvalue weighted by Crippen LogP contribution is 2.43. The van der Waals surface area contributed by atoms with Crippen molar-refractivity contribution in [2.24, 2.45) is 23.7 Å². The predicted octanol–water partition coefficient (Wildman–Crippen LogP) is 5.21. The van der Waals surface area contributed by atoms with Crippen molar-refractivity contribution in [3.63, 3.8) is 0 Å². The van der Waals surface area contributed by atoms with Gasteiger partial charge in [0.15, 0.2) is 0 Å². The van der Waals surface area contributed by atoms with Gasteiger partial charge in [-0.1, -0.05) is 51.5 Å². The molecule has 3 unspecified atom stereocenters. The maximum atomic E-state index is 13.8. The molecule has 0 N–H and O–H groups in total. The third-order valence-corrected chi connectivity index (χ3v) is 8.19. The third-order valence-electron chi connectivity index (χ3n) is 8.19. The van der Waals surface area contributed by atoms with E-state index < -0.39 is 24.0 Å². The van der Waals surface area contributed by atoms with Gasteiger partial charge in [0, 0.05) is 0 Å². The minimum atomic E-state index is -1.04. The lowest BCUT2D eigenvalue weighted by atomic mass is 9.75. The van der Waals surface area contributed by atoms with E-state index in [1.54, 1.807) is 14.2 Å². The normalized spacial score (nSPS) is 25.2. The van der Waals surface area contributed by atoms with Crippen molar-refractivity contribution in [3.8, 4) is 11.5 Å². The van der Waals surface area contributed by atoms with Gasteiger partial charge >= 0.3 is 5.97 Å². The number of carbonyl (C=O) groups is 3. The van der Waals surface area contributed by atoms with Crippen LogP contribution in [0, 0.1) is 23.7 Å². The van der Waals surface area contributed by atoms with Crippen LogP contribution >= 0.6 is 0 Å². The highest BCUT2D eigenvalue weighted by atomic mass is 16.5. The summed E-state index contributed by atoms with van der Waals surface area (Å²) < 4.78 is 16.8. The number of β-lactam (4-membered cyclic amide) rings is 1. The number of Topliss-reactive ketones (excluding diaryl/α,β-unsaturated/α-hetero) is 1. The Labute approximate surface area is 225 Å². The summed E-state index contributed by atoms with van der Waals surface area (Å²) in [6, 6.07) is 13.2. The van der Waals surface area contributed by atoms with Gasteiger partial charge in [0.1, 0.15) is 35.3 Å². The van der Waals surface area contributed by atoms with Crippen LogP contribution in [0.2, 0.25) is 0 Å². The van der Waals surface area contributed by atoms with E-state index in [4.69, 9.17) is 14.2 Å². The van der Waals surface area contributed by atoms with Gasteiger partial charge in [-0.15, -0.1) is 0 Å². The van der Waals surface area contributed by atoms with Gasteiger partial charge in [-0.3, -0.25) is 9.59 Å². The molecule has 2 aliphatic rings. The molecule has 0 aromatic heterocycles. The molecule has 2 fully saturated rings. The summed E-state index contributed by atoms with van der Waals surface area (Å²) in [6.07, 6.45) is 2.68. The van der Waals surface area contributed by atoms with E-state index in [-0.39, 0.29) is 23.7 Å². The number of nitrogens with zero attached hydrogens (tertiary/aromatic N) is 1. The van der Waals surface area contributed by atoms with E-state index in [1.807, 2.05) is 48.5 Å². The number of likely N-dealkylation sites (tertiary alicyclic amines) is 1. The van der Waals surface area contributed by atoms with Crippen LogP contribution in [0.5, 0.6) is 11.5 Å². The number of ketones is 1. The maximum Gasteiger partial charge on any atom is 0.330 e. The molecule has 7 nitrogen and oxygen atoms in total. The first-order chi connectivity index (χ1) is 18.2. The molecule has 5 atom stereocenters. The first-order valence-electron chi connectivity index (χ1n) is 13.5. The molecule has 1 heterocycles. The van der Waals surface area contributed by atoms with Crippen molar-refractivity contribution < 1.29 is 28.6 Å². The van der Waals surface area contributed by atoms with Gasteiger partial charge in [0.2, 0.25) is 5.91 Å². The minimum Gasteiger partial charge on any atom is -0.497 e. The average molecular weight is 522 g/mol. The van der Waals surface area contributed by atoms with E-state index in [2.05, 4.69) is 20.8 Å².